The number of ether oxygens (including phenoxy) is 1. The molecule has 3 N–H and O–H groups in total. The number of carbonyl (C=O) groups excluding carboxylic acids is 2. The van der Waals surface area contributed by atoms with E-state index in [1.165, 1.54) is 11.1 Å². The number of hydrogen-bond acceptors (Lipinski definition) is 4. The highest BCUT2D eigenvalue weighted by atomic mass is 16.5. The third kappa shape index (κ3) is 6.25. The summed E-state index contributed by atoms with van der Waals surface area (Å²) in [5.41, 5.74) is 4.66. The number of alkyl carbamates (subject to hydrolysis) is 1. The molecule has 0 aromatic heterocycles. The van der Waals surface area contributed by atoms with Gasteiger partial charge in [0.15, 0.2) is 0 Å². The maximum atomic E-state index is 12.3. The van der Waals surface area contributed by atoms with Crippen molar-refractivity contribution in [3.05, 3.63) is 72.3 Å². The van der Waals surface area contributed by atoms with Gasteiger partial charge >= 0.3 is 12.1 Å². The highest BCUT2D eigenvalue weighted by Crippen LogP contribution is 2.44. The summed E-state index contributed by atoms with van der Waals surface area (Å²) < 4.78 is 5.51. The van der Waals surface area contributed by atoms with Crippen molar-refractivity contribution in [3.8, 4) is 11.1 Å². The van der Waals surface area contributed by atoms with Crippen LogP contribution >= 0.6 is 0 Å². The molecule has 0 heterocycles. The molecule has 2 atom stereocenters. The maximum absolute atomic E-state index is 12.3. The Morgan fingerprint density at radius 3 is 2.26 bits per heavy atom. The second kappa shape index (κ2) is 12.0. The molecule has 3 rings (SSSR count). The maximum Gasteiger partial charge on any atom is 0.407 e. The summed E-state index contributed by atoms with van der Waals surface area (Å²) in [4.78, 5) is 35.8. The van der Waals surface area contributed by atoms with Gasteiger partial charge in [0.1, 0.15) is 12.6 Å². The van der Waals surface area contributed by atoms with E-state index in [0.717, 1.165) is 11.1 Å². The predicted molar refractivity (Wildman–Crippen MR) is 130 cm³/mol. The molecule has 2 unspecified atom stereocenters. The Bertz CT molecular complexity index is 990. The quantitative estimate of drug-likeness (QED) is 0.317. The van der Waals surface area contributed by atoms with Gasteiger partial charge in [-0.3, -0.25) is 4.79 Å². The zero-order valence-corrected chi connectivity index (χ0v) is 19.5. The van der Waals surface area contributed by atoms with Crippen LogP contribution < -0.4 is 10.6 Å². The van der Waals surface area contributed by atoms with Crippen LogP contribution in [0.3, 0.4) is 0 Å². The third-order valence-electron chi connectivity index (χ3n) is 6.15. The molecule has 0 aliphatic heterocycles. The summed E-state index contributed by atoms with van der Waals surface area (Å²) in [5, 5.41) is 14.5. The minimum Gasteiger partial charge on any atom is -0.480 e. The van der Waals surface area contributed by atoms with Crippen molar-refractivity contribution in [2.24, 2.45) is 5.92 Å². The van der Waals surface area contributed by atoms with Crippen LogP contribution in [-0.4, -0.2) is 42.3 Å². The van der Waals surface area contributed by atoms with Crippen LogP contribution in [0.1, 0.15) is 49.7 Å². The Morgan fingerprint density at radius 1 is 1.06 bits per heavy atom. The zero-order chi connectivity index (χ0) is 24.5. The normalized spacial score (nSPS) is 13.8. The van der Waals surface area contributed by atoms with Gasteiger partial charge in [0.2, 0.25) is 5.91 Å². The van der Waals surface area contributed by atoms with Gasteiger partial charge in [0.25, 0.3) is 0 Å². The first kappa shape index (κ1) is 25.0. The summed E-state index contributed by atoms with van der Waals surface area (Å²) in [7, 11) is 0. The smallest absolute Gasteiger partial charge is 0.407 e. The molecule has 7 nitrogen and oxygen atoms in total. The van der Waals surface area contributed by atoms with E-state index >= 15 is 0 Å². The number of nitrogens with one attached hydrogen (secondary N) is 2. The topological polar surface area (TPSA) is 105 Å². The fraction of sp³-hybridized carbons (Fsp3) is 0.370. The van der Waals surface area contributed by atoms with E-state index in [4.69, 9.17) is 4.74 Å². The van der Waals surface area contributed by atoms with Crippen molar-refractivity contribution < 1.29 is 24.2 Å². The molecule has 0 radical (unpaired) electrons. The standard InChI is InChI=1S/C27H32N2O5/c1-3-4-15-24(26(31)32)29-25(30)18(2)10-9-16-28-27(33)34-17-23-21-13-7-5-11-19(21)20-12-6-8-14-22(20)23/h3,5-8,11-14,18,23-24H,1,4,9-10,15-17H2,2H3,(H,28,33)(H,29,30)(H,31,32). The number of benzene rings is 2. The lowest BCUT2D eigenvalue weighted by molar-refractivity contribution is -0.142. The van der Waals surface area contributed by atoms with Gasteiger partial charge in [-0.1, -0.05) is 61.5 Å². The van der Waals surface area contributed by atoms with Crippen LogP contribution in [0.2, 0.25) is 0 Å². The van der Waals surface area contributed by atoms with Crippen molar-refractivity contribution >= 4 is 18.0 Å². The summed E-state index contributed by atoms with van der Waals surface area (Å²) >= 11 is 0. The number of amides is 2. The van der Waals surface area contributed by atoms with Gasteiger partial charge in [0.05, 0.1) is 0 Å². The van der Waals surface area contributed by atoms with E-state index in [1.54, 1.807) is 13.0 Å². The van der Waals surface area contributed by atoms with Crippen molar-refractivity contribution in [2.45, 2.75) is 44.6 Å². The lowest BCUT2D eigenvalue weighted by Crippen LogP contribution is -2.43. The molecular weight excluding hydrogens is 432 g/mol. The second-order valence-corrected chi connectivity index (χ2v) is 8.56. The summed E-state index contributed by atoms with van der Waals surface area (Å²) in [6.45, 7) is 5.94. The molecule has 2 aromatic rings. The van der Waals surface area contributed by atoms with Crippen LogP contribution in [-0.2, 0) is 14.3 Å². The Balaban J connectivity index is 1.40. The number of aliphatic carboxylic acids is 1. The van der Waals surface area contributed by atoms with E-state index < -0.39 is 18.1 Å². The van der Waals surface area contributed by atoms with E-state index in [9.17, 15) is 19.5 Å². The van der Waals surface area contributed by atoms with Gasteiger partial charge in [-0.15, -0.1) is 6.58 Å². The minimum absolute atomic E-state index is 0.00476. The molecular formula is C27H32N2O5. The van der Waals surface area contributed by atoms with Gasteiger partial charge in [-0.25, -0.2) is 9.59 Å². The zero-order valence-electron chi connectivity index (χ0n) is 19.5. The number of carbonyl (C=O) groups is 3. The molecule has 0 saturated carbocycles. The second-order valence-electron chi connectivity index (χ2n) is 8.56. The van der Waals surface area contributed by atoms with Gasteiger partial charge in [-0.05, 0) is 47.9 Å². The SMILES string of the molecule is C=CCCC(NC(=O)C(C)CCCNC(=O)OCC1c2ccccc2-c2ccccc21)C(=O)O. The van der Waals surface area contributed by atoms with E-state index in [0.29, 0.717) is 32.2 Å². The molecule has 180 valence electrons. The van der Waals surface area contributed by atoms with Crippen molar-refractivity contribution in [1.82, 2.24) is 10.6 Å². The molecule has 34 heavy (non-hydrogen) atoms. The number of fused-ring (bicyclic) bond motifs is 3. The first-order valence-electron chi connectivity index (χ1n) is 11.6. The lowest BCUT2D eigenvalue weighted by Gasteiger charge is -2.17. The monoisotopic (exact) mass is 464 g/mol. The first-order chi connectivity index (χ1) is 16.4. The molecule has 0 saturated heterocycles. The molecule has 0 spiro atoms. The highest BCUT2D eigenvalue weighted by molar-refractivity contribution is 5.84. The molecule has 2 amide bonds. The average Bonchev–Trinajstić information content (AvgIpc) is 3.16. The number of rotatable bonds is 12. The summed E-state index contributed by atoms with van der Waals surface area (Å²) in [6, 6.07) is 15.4. The Hall–Kier alpha value is -3.61. The predicted octanol–water partition coefficient (Wildman–Crippen LogP) is 4.48. The summed E-state index contributed by atoms with van der Waals surface area (Å²) in [5.74, 6) is -1.73. The average molecular weight is 465 g/mol. The molecule has 0 bridgehead atoms. The Labute approximate surface area is 200 Å². The third-order valence-corrected chi connectivity index (χ3v) is 6.15. The molecule has 1 aliphatic rings. The lowest BCUT2D eigenvalue weighted by atomic mass is 9.98. The molecule has 7 heteroatoms. The van der Waals surface area contributed by atoms with Crippen molar-refractivity contribution in [3.63, 3.8) is 0 Å². The highest BCUT2D eigenvalue weighted by Gasteiger charge is 2.29. The fourth-order valence-electron chi connectivity index (χ4n) is 4.24. The number of allylic oxidation sites excluding steroid dienone is 1. The minimum atomic E-state index is -1.06. The first-order valence-corrected chi connectivity index (χ1v) is 11.6. The van der Waals surface area contributed by atoms with Gasteiger partial charge < -0.3 is 20.5 Å². The van der Waals surface area contributed by atoms with Crippen LogP contribution in [0, 0.1) is 5.92 Å². The molecule has 2 aromatic carbocycles. The van der Waals surface area contributed by atoms with Gasteiger partial charge in [-0.2, -0.15) is 0 Å². The largest absolute Gasteiger partial charge is 0.480 e. The van der Waals surface area contributed by atoms with E-state index in [1.807, 2.05) is 24.3 Å². The van der Waals surface area contributed by atoms with Gasteiger partial charge in [0, 0.05) is 18.4 Å². The van der Waals surface area contributed by atoms with E-state index in [2.05, 4.69) is 41.5 Å². The van der Waals surface area contributed by atoms with Crippen LogP contribution in [0.4, 0.5) is 4.79 Å². The molecule has 0 fully saturated rings. The van der Waals surface area contributed by atoms with Crippen molar-refractivity contribution in [2.75, 3.05) is 13.2 Å². The van der Waals surface area contributed by atoms with Crippen LogP contribution in [0.5, 0.6) is 0 Å². The van der Waals surface area contributed by atoms with Crippen LogP contribution in [0.15, 0.2) is 61.2 Å². The number of hydrogen-bond donors (Lipinski definition) is 3. The van der Waals surface area contributed by atoms with E-state index in [-0.39, 0.29) is 24.3 Å². The number of carboxylic acid groups (broad SMARTS) is 1. The number of carboxylic acids is 1. The van der Waals surface area contributed by atoms with Crippen LogP contribution in [0.25, 0.3) is 11.1 Å². The fourth-order valence-corrected chi connectivity index (χ4v) is 4.24. The Kier molecular flexibility index (Phi) is 8.85. The Morgan fingerprint density at radius 2 is 1.68 bits per heavy atom. The molecule has 1 aliphatic carbocycles. The summed E-state index contributed by atoms with van der Waals surface area (Å²) in [6.07, 6.45) is 3.04. The van der Waals surface area contributed by atoms with Crippen molar-refractivity contribution in [1.29, 1.82) is 0 Å².